The second-order valence-electron chi connectivity index (χ2n) is 13.4. The summed E-state index contributed by atoms with van der Waals surface area (Å²) in [6.07, 6.45) is 3.02. The molecule has 0 N–H and O–H groups in total. The van der Waals surface area contributed by atoms with E-state index in [9.17, 15) is 4.79 Å². The van der Waals surface area contributed by atoms with E-state index >= 15 is 0 Å². The van der Waals surface area contributed by atoms with Crippen LogP contribution in [0.3, 0.4) is 0 Å². The fourth-order valence-electron chi connectivity index (χ4n) is 8.64. The number of carbonyl (C=O) groups is 1. The predicted octanol–water partition coefficient (Wildman–Crippen LogP) is 6.45. The Morgan fingerprint density at radius 1 is 1.10 bits per heavy atom. The quantitative estimate of drug-likeness (QED) is 0.356. The second kappa shape index (κ2) is 10.3. The first kappa shape index (κ1) is 27.3. The number of amides is 1. The first-order valence-electron chi connectivity index (χ1n) is 15.4. The lowest BCUT2D eigenvalue weighted by Crippen LogP contribution is -2.63. The Labute approximate surface area is 244 Å². The predicted molar refractivity (Wildman–Crippen MR) is 160 cm³/mol. The molecule has 8 heteroatoms. The monoisotopic (exact) mass is 574 g/mol. The standard InChI is InChI=1S/C33H42N2O5Si/c1-5-22(31-37-16-11-17-38-31)23-18-26-29-33(24-14-9-10-15-25(24)34-29)19-27(28(23)30(33)40-41(2,3)4)35(26)32(36)39-20-21-12-7-6-8-13-21/h6-10,12-15,22-23,26-28,30-31H,5,11,16-20H2,1-4H3/t22-,23?,26-,27?,28?,30+,33+/m0/s1. The molecule has 4 heterocycles. The zero-order chi connectivity index (χ0) is 28.4. The summed E-state index contributed by atoms with van der Waals surface area (Å²) in [6.45, 7) is 10.8. The van der Waals surface area contributed by atoms with Crippen LogP contribution >= 0.6 is 0 Å². The number of benzene rings is 2. The summed E-state index contributed by atoms with van der Waals surface area (Å²) in [5.74, 6) is 0.656. The summed E-state index contributed by atoms with van der Waals surface area (Å²) in [4.78, 5) is 21.4. The van der Waals surface area contributed by atoms with E-state index in [1.807, 2.05) is 30.3 Å². The topological polar surface area (TPSA) is 69.6 Å². The average molecular weight is 575 g/mol. The lowest BCUT2D eigenvalue weighted by molar-refractivity contribution is -0.222. The maximum atomic E-state index is 14.0. The molecule has 4 aliphatic heterocycles. The van der Waals surface area contributed by atoms with Crippen molar-refractivity contribution < 1.29 is 23.4 Å². The highest BCUT2D eigenvalue weighted by Crippen LogP contribution is 2.65. The van der Waals surface area contributed by atoms with E-state index < -0.39 is 8.32 Å². The van der Waals surface area contributed by atoms with Gasteiger partial charge in [-0.2, -0.15) is 0 Å². The normalized spacial score (nSPS) is 32.8. The molecule has 0 aromatic heterocycles. The van der Waals surface area contributed by atoms with Gasteiger partial charge in [-0.1, -0.05) is 55.5 Å². The lowest BCUT2D eigenvalue weighted by Gasteiger charge is -2.51. The van der Waals surface area contributed by atoms with Crippen molar-refractivity contribution in [2.24, 2.45) is 22.7 Å². The molecule has 1 amide bonds. The molecule has 218 valence electrons. The number of hydrogen-bond acceptors (Lipinski definition) is 6. The van der Waals surface area contributed by atoms with E-state index in [0.717, 1.165) is 55.9 Å². The minimum atomic E-state index is -1.98. The minimum absolute atomic E-state index is 0.00567. The van der Waals surface area contributed by atoms with Crippen LogP contribution in [0.15, 0.2) is 59.6 Å². The summed E-state index contributed by atoms with van der Waals surface area (Å²) in [6, 6.07) is 18.4. The van der Waals surface area contributed by atoms with Crippen LogP contribution in [0, 0.1) is 17.8 Å². The Kier molecular flexibility index (Phi) is 6.88. The number of hydrogen-bond donors (Lipinski definition) is 0. The van der Waals surface area contributed by atoms with Gasteiger partial charge in [0.05, 0.1) is 42.2 Å². The molecule has 7 rings (SSSR count). The Balaban J connectivity index is 1.32. The van der Waals surface area contributed by atoms with E-state index in [1.165, 1.54) is 5.56 Å². The third-order valence-corrected chi connectivity index (χ3v) is 11.0. The van der Waals surface area contributed by atoms with Gasteiger partial charge in [-0.25, -0.2) is 4.79 Å². The smallest absolute Gasteiger partial charge is 0.410 e. The van der Waals surface area contributed by atoms with Gasteiger partial charge in [0.15, 0.2) is 14.6 Å². The molecule has 3 bridgehead atoms. The molecule has 3 unspecified atom stereocenters. The summed E-state index contributed by atoms with van der Waals surface area (Å²) in [7, 11) is -1.98. The van der Waals surface area contributed by atoms with Gasteiger partial charge >= 0.3 is 6.09 Å². The fraction of sp³-hybridized carbons (Fsp3) is 0.576. The third-order valence-electron chi connectivity index (χ3n) is 10.0. The molecule has 2 aromatic rings. The molecule has 1 spiro atoms. The summed E-state index contributed by atoms with van der Waals surface area (Å²) in [5.41, 5.74) is 4.07. The summed E-state index contributed by atoms with van der Waals surface area (Å²) < 4.78 is 25.8. The molecule has 2 aromatic carbocycles. The largest absolute Gasteiger partial charge is 0.445 e. The van der Waals surface area contributed by atoms with Gasteiger partial charge in [-0.05, 0) is 68.4 Å². The summed E-state index contributed by atoms with van der Waals surface area (Å²) >= 11 is 0. The minimum Gasteiger partial charge on any atom is -0.445 e. The Bertz CT molecular complexity index is 1320. The average Bonchev–Trinajstić information content (AvgIpc) is 3.43. The van der Waals surface area contributed by atoms with Crippen molar-refractivity contribution in [2.45, 2.75) is 88.7 Å². The molecule has 5 aliphatic rings. The van der Waals surface area contributed by atoms with Gasteiger partial charge in [0.25, 0.3) is 0 Å². The molecule has 3 saturated heterocycles. The number of ether oxygens (including phenoxy) is 3. The second-order valence-corrected chi connectivity index (χ2v) is 17.8. The highest BCUT2D eigenvalue weighted by Gasteiger charge is 2.73. The van der Waals surface area contributed by atoms with E-state index in [1.54, 1.807) is 0 Å². The van der Waals surface area contributed by atoms with Crippen molar-refractivity contribution in [3.63, 3.8) is 0 Å². The molecule has 1 aliphatic carbocycles. The number of piperidine rings is 2. The number of rotatable bonds is 7. The molecule has 41 heavy (non-hydrogen) atoms. The van der Waals surface area contributed by atoms with Crippen molar-refractivity contribution in [1.82, 2.24) is 4.90 Å². The van der Waals surface area contributed by atoms with Crippen molar-refractivity contribution in [3.8, 4) is 0 Å². The number of fused-ring (bicyclic) bond motifs is 3. The van der Waals surface area contributed by atoms with Crippen LogP contribution in [-0.2, 0) is 30.7 Å². The molecular weight excluding hydrogens is 532 g/mol. The number of carbonyl (C=O) groups excluding carboxylic acids is 1. The van der Waals surface area contributed by atoms with Crippen molar-refractivity contribution >= 4 is 25.8 Å². The van der Waals surface area contributed by atoms with Gasteiger partial charge in [0.1, 0.15) is 6.61 Å². The van der Waals surface area contributed by atoms with Crippen molar-refractivity contribution in [3.05, 3.63) is 65.7 Å². The van der Waals surface area contributed by atoms with Gasteiger partial charge in [-0.15, -0.1) is 0 Å². The molecule has 0 radical (unpaired) electrons. The Morgan fingerprint density at radius 2 is 1.83 bits per heavy atom. The number of aliphatic imine (C=N–C) groups is 1. The van der Waals surface area contributed by atoms with E-state index in [-0.39, 0.29) is 60.3 Å². The highest BCUT2D eigenvalue weighted by atomic mass is 28.4. The van der Waals surface area contributed by atoms with Crippen LogP contribution < -0.4 is 0 Å². The first-order chi connectivity index (χ1) is 19.8. The van der Waals surface area contributed by atoms with Gasteiger partial charge in [0.2, 0.25) is 0 Å². The van der Waals surface area contributed by atoms with Crippen LogP contribution in [-0.4, -0.2) is 62.7 Å². The molecular formula is C33H42N2O5Si. The highest BCUT2D eigenvalue weighted by molar-refractivity contribution is 6.69. The number of para-hydroxylation sites is 1. The van der Waals surface area contributed by atoms with Gasteiger partial charge in [0, 0.05) is 17.9 Å². The van der Waals surface area contributed by atoms with Gasteiger partial charge < -0.3 is 18.6 Å². The molecule has 4 fully saturated rings. The van der Waals surface area contributed by atoms with E-state index in [0.29, 0.717) is 0 Å². The molecule has 1 saturated carbocycles. The van der Waals surface area contributed by atoms with Crippen molar-refractivity contribution in [1.29, 1.82) is 0 Å². The van der Waals surface area contributed by atoms with E-state index in [2.05, 4.69) is 55.7 Å². The van der Waals surface area contributed by atoms with Crippen LogP contribution in [0.25, 0.3) is 0 Å². The number of nitrogens with zero attached hydrogens (tertiary/aromatic N) is 2. The van der Waals surface area contributed by atoms with Crippen molar-refractivity contribution in [2.75, 3.05) is 13.2 Å². The fourth-order valence-corrected chi connectivity index (χ4v) is 9.76. The third kappa shape index (κ3) is 4.41. The maximum Gasteiger partial charge on any atom is 0.410 e. The zero-order valence-corrected chi connectivity index (χ0v) is 25.6. The van der Waals surface area contributed by atoms with Crippen LogP contribution in [0.1, 0.15) is 43.7 Å². The SMILES string of the molecule is CC[C@H](C1OCCCO1)C1C[C@H]2C3=Nc4ccccc4[C@]34CC(C1[C@H]4O[Si](C)(C)C)N2C(=O)OCc1ccccc1. The molecule has 7 nitrogen and oxygen atoms in total. The van der Waals surface area contributed by atoms with Gasteiger partial charge in [-0.3, -0.25) is 9.89 Å². The van der Waals surface area contributed by atoms with E-state index in [4.69, 9.17) is 23.6 Å². The maximum absolute atomic E-state index is 14.0. The molecule has 7 atom stereocenters. The van der Waals surface area contributed by atoms with Crippen LogP contribution in [0.2, 0.25) is 19.6 Å². The Morgan fingerprint density at radius 3 is 2.56 bits per heavy atom. The zero-order valence-electron chi connectivity index (χ0n) is 24.6. The first-order valence-corrected chi connectivity index (χ1v) is 18.8. The Hall–Kier alpha value is -2.52. The summed E-state index contributed by atoms with van der Waals surface area (Å²) in [5, 5.41) is 0. The van der Waals surface area contributed by atoms with Crippen LogP contribution in [0.4, 0.5) is 10.5 Å². The van der Waals surface area contributed by atoms with Crippen LogP contribution in [0.5, 0.6) is 0 Å². The lowest BCUT2D eigenvalue weighted by atomic mass is 9.68.